The van der Waals surface area contributed by atoms with E-state index in [1.165, 1.54) is 4.80 Å². The number of hydrogen-bond donors (Lipinski definition) is 1. The van der Waals surface area contributed by atoms with Crippen molar-refractivity contribution >= 4 is 17.1 Å². The molecular formula is C25H31N9O2. The predicted octanol–water partition coefficient (Wildman–Crippen LogP) is 2.60. The van der Waals surface area contributed by atoms with Crippen LogP contribution in [0, 0.1) is 6.92 Å². The van der Waals surface area contributed by atoms with Crippen molar-refractivity contribution in [3.63, 3.8) is 0 Å². The first kappa shape index (κ1) is 23.9. The molecule has 4 heterocycles. The molecule has 1 amide bonds. The molecule has 188 valence electrons. The smallest absolute Gasteiger partial charge is 0.293 e. The number of tetrazole rings is 1. The lowest BCUT2D eigenvalue weighted by Crippen LogP contribution is -2.40. The molecule has 0 unspecified atom stereocenters. The summed E-state index contributed by atoms with van der Waals surface area (Å²) in [5, 5.41) is 19.4. The van der Waals surface area contributed by atoms with E-state index in [1.807, 2.05) is 50.5 Å². The summed E-state index contributed by atoms with van der Waals surface area (Å²) in [4.78, 5) is 20.9. The van der Waals surface area contributed by atoms with Crippen LogP contribution in [0.25, 0.3) is 16.8 Å². The van der Waals surface area contributed by atoms with Crippen molar-refractivity contribution in [3.05, 3.63) is 53.7 Å². The zero-order chi connectivity index (χ0) is 25.4. The van der Waals surface area contributed by atoms with Crippen molar-refractivity contribution in [1.82, 2.24) is 40.1 Å². The number of hydrogen-bond acceptors (Lipinski definition) is 8. The van der Waals surface area contributed by atoms with Gasteiger partial charge in [0, 0.05) is 25.2 Å². The van der Waals surface area contributed by atoms with Gasteiger partial charge < -0.3 is 15.0 Å². The highest BCUT2D eigenvalue weighted by molar-refractivity contribution is 5.90. The van der Waals surface area contributed by atoms with E-state index < -0.39 is 0 Å². The first-order valence-corrected chi connectivity index (χ1v) is 12.1. The van der Waals surface area contributed by atoms with Crippen molar-refractivity contribution in [2.24, 2.45) is 0 Å². The Morgan fingerprint density at radius 3 is 2.81 bits per heavy atom. The average Bonchev–Trinajstić information content (AvgIpc) is 3.51. The standard InChI is InChI=1S/C25H31N9O2/c1-16-10-18(6-7-19(16)12-26-24(35)23-29-31-34(30-23)25(3,4)5)22-21-11-20(14-33(21)28-15-27-22)32-8-9-36-17(2)13-32/h6-7,10-11,14-15,17H,8-9,12-13H2,1-5H3,(H,26,35)/t17-/m0/s1. The lowest BCUT2D eigenvalue weighted by atomic mass is 10.0. The molecule has 5 rings (SSSR count). The number of morpholine rings is 1. The number of fused-ring (bicyclic) bond motifs is 1. The van der Waals surface area contributed by atoms with Crippen LogP contribution >= 0.6 is 0 Å². The predicted molar refractivity (Wildman–Crippen MR) is 135 cm³/mol. The maximum atomic E-state index is 12.5. The van der Waals surface area contributed by atoms with E-state index in [0.717, 1.165) is 46.7 Å². The summed E-state index contributed by atoms with van der Waals surface area (Å²) in [6.45, 7) is 12.7. The first-order valence-electron chi connectivity index (χ1n) is 12.1. The number of amides is 1. The van der Waals surface area contributed by atoms with Gasteiger partial charge in [0.25, 0.3) is 11.7 Å². The number of aromatic nitrogens is 7. The zero-order valence-electron chi connectivity index (χ0n) is 21.3. The fraction of sp³-hybridized carbons (Fsp3) is 0.440. The Balaban J connectivity index is 1.33. The summed E-state index contributed by atoms with van der Waals surface area (Å²) in [5.74, 6) is -0.300. The van der Waals surface area contributed by atoms with Crippen molar-refractivity contribution in [2.75, 3.05) is 24.6 Å². The van der Waals surface area contributed by atoms with Gasteiger partial charge in [0.2, 0.25) is 0 Å². The third-order valence-corrected chi connectivity index (χ3v) is 6.27. The number of anilines is 1. The van der Waals surface area contributed by atoms with Gasteiger partial charge in [-0.15, -0.1) is 10.2 Å². The van der Waals surface area contributed by atoms with Crippen molar-refractivity contribution in [2.45, 2.75) is 52.8 Å². The summed E-state index contributed by atoms with van der Waals surface area (Å²) >= 11 is 0. The average molecular weight is 490 g/mol. The van der Waals surface area contributed by atoms with Gasteiger partial charge in [-0.3, -0.25) is 4.79 Å². The molecule has 11 nitrogen and oxygen atoms in total. The van der Waals surface area contributed by atoms with Crippen molar-refractivity contribution in [3.8, 4) is 11.3 Å². The van der Waals surface area contributed by atoms with Crippen LogP contribution in [-0.4, -0.2) is 66.5 Å². The Hall–Kier alpha value is -3.86. The van der Waals surface area contributed by atoms with Gasteiger partial charge in [-0.05, 0) is 63.1 Å². The molecular weight excluding hydrogens is 458 g/mol. The van der Waals surface area contributed by atoms with E-state index in [-0.39, 0.29) is 23.4 Å². The molecule has 3 aromatic heterocycles. The van der Waals surface area contributed by atoms with E-state index in [2.05, 4.69) is 54.8 Å². The number of benzene rings is 1. The Kier molecular flexibility index (Phi) is 6.17. The minimum absolute atomic E-state index is 0.0567. The summed E-state index contributed by atoms with van der Waals surface area (Å²) in [6.07, 6.45) is 3.82. The van der Waals surface area contributed by atoms with Crippen LogP contribution < -0.4 is 10.2 Å². The fourth-order valence-electron chi connectivity index (χ4n) is 4.25. The number of nitrogens with zero attached hydrogens (tertiary/aromatic N) is 8. The maximum absolute atomic E-state index is 12.5. The monoisotopic (exact) mass is 489 g/mol. The summed E-state index contributed by atoms with van der Waals surface area (Å²) in [5.41, 5.74) is 5.61. The summed E-state index contributed by atoms with van der Waals surface area (Å²) in [6, 6.07) is 8.25. The topological polar surface area (TPSA) is 115 Å². The van der Waals surface area contributed by atoms with Gasteiger partial charge >= 0.3 is 0 Å². The van der Waals surface area contributed by atoms with Gasteiger partial charge in [-0.1, -0.05) is 12.1 Å². The van der Waals surface area contributed by atoms with Crippen LogP contribution in [-0.2, 0) is 16.8 Å². The molecule has 0 spiro atoms. The number of carbonyl (C=O) groups is 1. The second-order valence-corrected chi connectivity index (χ2v) is 10.2. The third-order valence-electron chi connectivity index (χ3n) is 6.27. The number of nitrogens with one attached hydrogen (secondary N) is 1. The molecule has 1 aliphatic heterocycles. The van der Waals surface area contributed by atoms with Crippen molar-refractivity contribution < 1.29 is 9.53 Å². The molecule has 11 heteroatoms. The lowest BCUT2D eigenvalue weighted by molar-refractivity contribution is 0.0532. The molecule has 1 fully saturated rings. The largest absolute Gasteiger partial charge is 0.375 e. The Labute approximate surface area is 209 Å². The van der Waals surface area contributed by atoms with Crippen LogP contribution in [0.4, 0.5) is 5.69 Å². The van der Waals surface area contributed by atoms with Gasteiger partial charge in [0.05, 0.1) is 41.3 Å². The van der Waals surface area contributed by atoms with Gasteiger partial charge in [-0.25, -0.2) is 9.50 Å². The first-order chi connectivity index (χ1) is 17.2. The Bertz CT molecular complexity index is 1400. The highest BCUT2D eigenvalue weighted by atomic mass is 16.5. The molecule has 0 aliphatic carbocycles. The maximum Gasteiger partial charge on any atom is 0.293 e. The van der Waals surface area contributed by atoms with Gasteiger partial charge in [0.15, 0.2) is 0 Å². The van der Waals surface area contributed by atoms with Crippen LogP contribution in [0.5, 0.6) is 0 Å². The number of carbonyl (C=O) groups excluding carboxylic acids is 1. The fourth-order valence-corrected chi connectivity index (χ4v) is 4.25. The second-order valence-electron chi connectivity index (χ2n) is 10.2. The van der Waals surface area contributed by atoms with E-state index in [4.69, 9.17) is 4.74 Å². The normalized spacial score (nSPS) is 16.5. The van der Waals surface area contributed by atoms with Gasteiger partial charge in [0.1, 0.15) is 6.33 Å². The van der Waals surface area contributed by atoms with Gasteiger partial charge in [-0.2, -0.15) is 9.90 Å². The van der Waals surface area contributed by atoms with E-state index in [1.54, 1.807) is 6.33 Å². The highest BCUT2D eigenvalue weighted by Crippen LogP contribution is 2.29. The highest BCUT2D eigenvalue weighted by Gasteiger charge is 2.21. The molecule has 36 heavy (non-hydrogen) atoms. The van der Waals surface area contributed by atoms with Crippen molar-refractivity contribution in [1.29, 1.82) is 0 Å². The minimum Gasteiger partial charge on any atom is -0.375 e. The molecule has 1 aliphatic rings. The number of ether oxygens (including phenoxy) is 1. The minimum atomic E-state index is -0.357. The molecule has 4 aromatic rings. The number of rotatable bonds is 5. The molecule has 0 saturated carbocycles. The second kappa shape index (κ2) is 9.30. The lowest BCUT2D eigenvalue weighted by Gasteiger charge is -2.31. The zero-order valence-corrected chi connectivity index (χ0v) is 21.3. The molecule has 0 bridgehead atoms. The molecule has 1 saturated heterocycles. The Morgan fingerprint density at radius 1 is 1.25 bits per heavy atom. The van der Waals surface area contributed by atoms with Crippen LogP contribution in [0.15, 0.2) is 36.8 Å². The van der Waals surface area contributed by atoms with E-state index in [9.17, 15) is 4.79 Å². The van der Waals surface area contributed by atoms with E-state index in [0.29, 0.717) is 13.2 Å². The molecule has 1 N–H and O–H groups in total. The van der Waals surface area contributed by atoms with Crippen LogP contribution in [0.3, 0.4) is 0 Å². The quantitative estimate of drug-likeness (QED) is 0.455. The van der Waals surface area contributed by atoms with Crippen LogP contribution in [0.1, 0.15) is 49.4 Å². The molecule has 1 atom stereocenters. The molecule has 0 radical (unpaired) electrons. The molecule has 1 aromatic carbocycles. The Morgan fingerprint density at radius 2 is 2.08 bits per heavy atom. The number of aryl methyl sites for hydroxylation is 1. The summed E-state index contributed by atoms with van der Waals surface area (Å²) in [7, 11) is 0. The summed E-state index contributed by atoms with van der Waals surface area (Å²) < 4.78 is 7.56. The SMILES string of the molecule is Cc1cc(-c2ncnn3cc(N4CCO[C@@H](C)C4)cc23)ccc1CNC(=O)c1nnn(C(C)(C)C)n1. The van der Waals surface area contributed by atoms with E-state index >= 15 is 0 Å². The third kappa shape index (κ3) is 4.78. The van der Waals surface area contributed by atoms with Crippen LogP contribution in [0.2, 0.25) is 0 Å².